The van der Waals surface area contributed by atoms with E-state index in [9.17, 15) is 4.39 Å². The van der Waals surface area contributed by atoms with Gasteiger partial charge in [-0.25, -0.2) is 15.2 Å². The average molecular weight is 355 g/mol. The molecule has 112 valence electrons. The fourth-order valence-corrected chi connectivity index (χ4v) is 2.10. The molecular weight excluding hydrogens is 339 g/mol. The van der Waals surface area contributed by atoms with E-state index in [0.717, 1.165) is 6.42 Å². The van der Waals surface area contributed by atoms with Crippen molar-refractivity contribution < 1.29 is 9.13 Å². The van der Waals surface area contributed by atoms with Crippen LogP contribution in [-0.2, 0) is 6.42 Å². The van der Waals surface area contributed by atoms with Crippen LogP contribution in [0, 0.1) is 12.7 Å². The van der Waals surface area contributed by atoms with Crippen LogP contribution in [-0.4, -0.2) is 9.97 Å². The third-order valence-corrected chi connectivity index (χ3v) is 3.51. The van der Waals surface area contributed by atoms with Gasteiger partial charge in [0, 0.05) is 12.5 Å². The third-order valence-electron chi connectivity index (χ3n) is 2.86. The molecule has 0 saturated carbocycles. The van der Waals surface area contributed by atoms with Crippen molar-refractivity contribution in [3.63, 3.8) is 0 Å². The van der Waals surface area contributed by atoms with Gasteiger partial charge in [0.25, 0.3) is 0 Å². The lowest BCUT2D eigenvalue weighted by Gasteiger charge is -2.13. The summed E-state index contributed by atoms with van der Waals surface area (Å²) in [4.78, 5) is 8.67. The summed E-state index contributed by atoms with van der Waals surface area (Å²) in [6, 6.07) is 4.22. The summed E-state index contributed by atoms with van der Waals surface area (Å²) in [6.45, 7) is 3.82. The second-order valence-electron chi connectivity index (χ2n) is 4.49. The number of nitrogen functional groups attached to an aromatic ring is 1. The highest BCUT2D eigenvalue weighted by atomic mass is 79.9. The Balaban J connectivity index is 2.42. The van der Waals surface area contributed by atoms with E-state index in [2.05, 4.69) is 31.3 Å². The number of hydrazine groups is 1. The molecule has 0 bridgehead atoms. The first-order valence-corrected chi connectivity index (χ1v) is 7.31. The third kappa shape index (κ3) is 3.68. The van der Waals surface area contributed by atoms with Crippen LogP contribution in [0.3, 0.4) is 0 Å². The molecule has 0 aliphatic rings. The van der Waals surface area contributed by atoms with Crippen LogP contribution in [0.1, 0.15) is 24.7 Å². The predicted molar refractivity (Wildman–Crippen MR) is 82.7 cm³/mol. The van der Waals surface area contributed by atoms with E-state index in [0.29, 0.717) is 39.7 Å². The Morgan fingerprint density at radius 2 is 2.14 bits per heavy atom. The topological polar surface area (TPSA) is 73.1 Å². The molecule has 0 amide bonds. The number of benzene rings is 1. The van der Waals surface area contributed by atoms with Gasteiger partial charge in [0.1, 0.15) is 23.2 Å². The maximum absolute atomic E-state index is 13.3. The Kier molecular flexibility index (Phi) is 5.08. The average Bonchev–Trinajstić information content (AvgIpc) is 2.46. The second kappa shape index (κ2) is 6.82. The fourth-order valence-electron chi connectivity index (χ4n) is 1.78. The van der Waals surface area contributed by atoms with E-state index in [-0.39, 0.29) is 5.82 Å². The number of ether oxygens (including phenoxy) is 1. The molecule has 2 rings (SSSR count). The summed E-state index contributed by atoms with van der Waals surface area (Å²) in [5.74, 6) is 6.91. The van der Waals surface area contributed by atoms with Gasteiger partial charge in [0.05, 0.1) is 10.0 Å². The number of nitrogens with two attached hydrogens (primary N) is 1. The molecule has 3 N–H and O–H groups in total. The van der Waals surface area contributed by atoms with E-state index >= 15 is 0 Å². The monoisotopic (exact) mass is 354 g/mol. The van der Waals surface area contributed by atoms with Gasteiger partial charge in [-0.1, -0.05) is 6.92 Å². The maximum Gasteiger partial charge on any atom is 0.227 e. The number of aryl methyl sites for hydroxylation is 1. The molecule has 0 saturated heterocycles. The molecule has 0 fully saturated rings. The normalized spacial score (nSPS) is 10.5. The maximum atomic E-state index is 13.3. The molecule has 0 radical (unpaired) electrons. The smallest absolute Gasteiger partial charge is 0.227 e. The molecule has 2 aromatic rings. The van der Waals surface area contributed by atoms with Crippen LogP contribution in [0.4, 0.5) is 10.2 Å². The molecule has 0 aliphatic heterocycles. The Morgan fingerprint density at radius 1 is 1.38 bits per heavy atom. The summed E-state index contributed by atoms with van der Waals surface area (Å²) >= 11 is 3.32. The van der Waals surface area contributed by atoms with Gasteiger partial charge in [0.15, 0.2) is 0 Å². The summed E-state index contributed by atoms with van der Waals surface area (Å²) in [5, 5.41) is 0. The zero-order chi connectivity index (χ0) is 15.4. The summed E-state index contributed by atoms with van der Waals surface area (Å²) in [7, 11) is 0. The van der Waals surface area contributed by atoms with Crippen LogP contribution < -0.4 is 16.0 Å². The molecule has 0 atom stereocenters. The van der Waals surface area contributed by atoms with Crippen LogP contribution in [0.5, 0.6) is 11.6 Å². The Morgan fingerprint density at radius 3 is 2.81 bits per heavy atom. The molecule has 5 nitrogen and oxygen atoms in total. The first-order valence-electron chi connectivity index (χ1n) is 6.52. The number of hydrogen-bond donors (Lipinski definition) is 2. The lowest BCUT2D eigenvalue weighted by Crippen LogP contribution is -2.13. The van der Waals surface area contributed by atoms with Gasteiger partial charge < -0.3 is 10.2 Å². The number of anilines is 1. The van der Waals surface area contributed by atoms with Gasteiger partial charge >= 0.3 is 0 Å². The largest absolute Gasteiger partial charge is 0.437 e. The molecule has 1 heterocycles. The van der Waals surface area contributed by atoms with Crippen molar-refractivity contribution in [2.45, 2.75) is 26.7 Å². The Labute approximate surface area is 130 Å². The number of nitrogens with zero attached hydrogens (tertiary/aromatic N) is 2. The van der Waals surface area contributed by atoms with Crippen LogP contribution in [0.2, 0.25) is 0 Å². The molecule has 7 heteroatoms. The van der Waals surface area contributed by atoms with Crippen LogP contribution in [0.15, 0.2) is 22.7 Å². The van der Waals surface area contributed by atoms with Crippen molar-refractivity contribution in [1.29, 1.82) is 0 Å². The minimum Gasteiger partial charge on any atom is -0.437 e. The van der Waals surface area contributed by atoms with Crippen LogP contribution in [0.25, 0.3) is 0 Å². The molecular formula is C14H16BrFN4O. The molecule has 1 aromatic heterocycles. The molecule has 1 aromatic carbocycles. The quantitative estimate of drug-likeness (QED) is 0.632. The minimum atomic E-state index is -0.383. The molecule has 0 spiro atoms. The van der Waals surface area contributed by atoms with Gasteiger partial charge in [0.2, 0.25) is 5.88 Å². The van der Waals surface area contributed by atoms with Gasteiger partial charge in [-0.2, -0.15) is 4.98 Å². The van der Waals surface area contributed by atoms with E-state index in [1.807, 2.05) is 6.92 Å². The lowest BCUT2D eigenvalue weighted by molar-refractivity contribution is 0.447. The number of halogens is 2. The van der Waals surface area contributed by atoms with E-state index in [4.69, 9.17) is 10.6 Å². The number of aromatic nitrogens is 2. The van der Waals surface area contributed by atoms with Crippen molar-refractivity contribution >= 4 is 21.7 Å². The lowest BCUT2D eigenvalue weighted by atomic mass is 10.2. The van der Waals surface area contributed by atoms with E-state index in [1.54, 1.807) is 13.0 Å². The second-order valence-corrected chi connectivity index (χ2v) is 5.34. The molecule has 0 unspecified atom stereocenters. The van der Waals surface area contributed by atoms with Crippen molar-refractivity contribution in [3.05, 3.63) is 39.9 Å². The minimum absolute atomic E-state index is 0.349. The SMILES string of the molecule is CCCc1nc(NN)c(C)c(Oc2cc(F)ccc2Br)n1. The van der Waals surface area contributed by atoms with Crippen LogP contribution >= 0.6 is 15.9 Å². The van der Waals surface area contributed by atoms with Gasteiger partial charge in [-0.15, -0.1) is 0 Å². The van der Waals surface area contributed by atoms with Gasteiger partial charge in [-0.05, 0) is 41.4 Å². The fraction of sp³-hybridized carbons (Fsp3) is 0.286. The van der Waals surface area contributed by atoms with Crippen molar-refractivity contribution in [3.8, 4) is 11.6 Å². The molecule has 21 heavy (non-hydrogen) atoms. The zero-order valence-electron chi connectivity index (χ0n) is 11.8. The van der Waals surface area contributed by atoms with Crippen molar-refractivity contribution in [2.75, 3.05) is 5.43 Å². The number of nitrogens with one attached hydrogen (secondary N) is 1. The van der Waals surface area contributed by atoms with E-state index in [1.165, 1.54) is 12.1 Å². The summed E-state index contributed by atoms with van der Waals surface area (Å²) in [6.07, 6.45) is 1.60. The number of hydrogen-bond acceptors (Lipinski definition) is 5. The summed E-state index contributed by atoms with van der Waals surface area (Å²) < 4.78 is 19.7. The van der Waals surface area contributed by atoms with Gasteiger partial charge in [-0.3, -0.25) is 0 Å². The Bertz CT molecular complexity index is 651. The first-order chi connectivity index (χ1) is 10.0. The number of rotatable bonds is 5. The molecule has 0 aliphatic carbocycles. The highest BCUT2D eigenvalue weighted by Crippen LogP contribution is 2.32. The highest BCUT2D eigenvalue weighted by molar-refractivity contribution is 9.10. The zero-order valence-corrected chi connectivity index (χ0v) is 13.4. The summed E-state index contributed by atoms with van der Waals surface area (Å²) in [5.41, 5.74) is 3.19. The van der Waals surface area contributed by atoms with Crippen molar-refractivity contribution in [1.82, 2.24) is 9.97 Å². The van der Waals surface area contributed by atoms with E-state index < -0.39 is 0 Å². The Hall–Kier alpha value is -1.73. The highest BCUT2D eigenvalue weighted by Gasteiger charge is 2.14. The first kappa shape index (κ1) is 15.7. The standard InChI is InChI=1S/C14H16BrFN4O/c1-3-4-12-18-13(20-17)8(2)14(19-12)21-11-7-9(16)5-6-10(11)15/h5-7H,3-4,17H2,1-2H3,(H,18,19,20). The predicted octanol–water partition coefficient (Wildman–Crippen LogP) is 3.72. The van der Waals surface area contributed by atoms with Crippen molar-refractivity contribution in [2.24, 2.45) is 5.84 Å².